The summed E-state index contributed by atoms with van der Waals surface area (Å²) in [6.07, 6.45) is 4.05. The Balaban J connectivity index is 1.93. The third kappa shape index (κ3) is 2.47. The Morgan fingerprint density at radius 2 is 1.16 bits per heavy atom. The van der Waals surface area contributed by atoms with Crippen LogP contribution >= 0.6 is 0 Å². The number of nitrogens with zero attached hydrogens (tertiary/aromatic N) is 1. The first kappa shape index (κ1) is 11.5. The summed E-state index contributed by atoms with van der Waals surface area (Å²) in [5, 5.41) is 9.29. The van der Waals surface area contributed by atoms with E-state index in [0.29, 0.717) is 5.75 Å². The van der Waals surface area contributed by atoms with Gasteiger partial charge in [-0.05, 0) is 35.4 Å². The van der Waals surface area contributed by atoms with E-state index in [1.807, 2.05) is 42.7 Å². The highest BCUT2D eigenvalue weighted by Gasteiger charge is 2.04. The van der Waals surface area contributed by atoms with E-state index in [1.54, 1.807) is 12.1 Å². The smallest absolute Gasteiger partial charge is 0.210 e. The third-order valence-electron chi connectivity index (χ3n) is 3.08. The fourth-order valence-corrected chi connectivity index (χ4v) is 2.05. The molecule has 2 aromatic carbocycles. The van der Waals surface area contributed by atoms with Gasteiger partial charge in [-0.3, -0.25) is 0 Å². The van der Waals surface area contributed by atoms with Gasteiger partial charge in [0.05, 0.1) is 0 Å². The second kappa shape index (κ2) is 4.94. The number of pyridine rings is 1. The van der Waals surface area contributed by atoms with Gasteiger partial charge in [0.1, 0.15) is 5.75 Å². The van der Waals surface area contributed by atoms with Crippen molar-refractivity contribution in [1.82, 2.24) is 0 Å². The minimum absolute atomic E-state index is 0.292. The van der Waals surface area contributed by atoms with Gasteiger partial charge in [0.15, 0.2) is 12.4 Å². The van der Waals surface area contributed by atoms with Crippen LogP contribution in [-0.2, 0) is 0 Å². The Bertz CT molecular complexity index is 658. The molecule has 1 aromatic heterocycles. The van der Waals surface area contributed by atoms with E-state index in [2.05, 4.69) is 28.8 Å². The maximum Gasteiger partial charge on any atom is 0.210 e. The number of hydrogen-bond acceptors (Lipinski definition) is 1. The predicted molar refractivity (Wildman–Crippen MR) is 75.1 cm³/mol. The molecule has 0 spiro atoms. The van der Waals surface area contributed by atoms with E-state index < -0.39 is 0 Å². The Morgan fingerprint density at radius 3 is 1.74 bits per heavy atom. The largest absolute Gasteiger partial charge is 0.508 e. The van der Waals surface area contributed by atoms with Gasteiger partial charge < -0.3 is 5.11 Å². The second-order valence-corrected chi connectivity index (χ2v) is 4.38. The Hall–Kier alpha value is -2.61. The lowest BCUT2D eigenvalue weighted by Gasteiger charge is -2.02. The lowest BCUT2D eigenvalue weighted by Crippen LogP contribution is -2.28. The summed E-state index contributed by atoms with van der Waals surface area (Å²) in [6.45, 7) is 0. The Labute approximate surface area is 112 Å². The first-order valence-corrected chi connectivity index (χ1v) is 6.19. The first-order valence-electron chi connectivity index (χ1n) is 6.19. The van der Waals surface area contributed by atoms with Gasteiger partial charge in [-0.15, -0.1) is 0 Å². The topological polar surface area (TPSA) is 24.1 Å². The van der Waals surface area contributed by atoms with Crippen molar-refractivity contribution in [1.29, 1.82) is 0 Å². The SMILES string of the molecule is Oc1ccc(-c2ccc(-[n+]3ccccc3)cc2)cc1. The molecule has 3 aromatic rings. The van der Waals surface area contributed by atoms with Crippen molar-refractivity contribution in [2.24, 2.45) is 0 Å². The molecule has 0 aliphatic rings. The van der Waals surface area contributed by atoms with Gasteiger partial charge in [-0.2, -0.15) is 4.57 Å². The zero-order valence-corrected chi connectivity index (χ0v) is 10.4. The molecule has 0 bridgehead atoms. The molecule has 0 fully saturated rings. The number of rotatable bonds is 2. The number of phenols is 1. The summed E-state index contributed by atoms with van der Waals surface area (Å²) in [6, 6.07) is 21.6. The van der Waals surface area contributed by atoms with Gasteiger partial charge in [0, 0.05) is 24.3 Å². The summed E-state index contributed by atoms with van der Waals surface area (Å²) in [5.41, 5.74) is 3.37. The number of aromatic hydroxyl groups is 1. The molecule has 0 amide bonds. The van der Waals surface area contributed by atoms with Crippen molar-refractivity contribution >= 4 is 0 Å². The van der Waals surface area contributed by atoms with Crippen molar-refractivity contribution in [3.8, 4) is 22.6 Å². The molecule has 0 aliphatic heterocycles. The highest BCUT2D eigenvalue weighted by atomic mass is 16.3. The van der Waals surface area contributed by atoms with Crippen LogP contribution in [0, 0.1) is 0 Å². The van der Waals surface area contributed by atoms with Crippen molar-refractivity contribution in [2.45, 2.75) is 0 Å². The van der Waals surface area contributed by atoms with E-state index in [1.165, 1.54) is 0 Å². The predicted octanol–water partition coefficient (Wildman–Crippen LogP) is 3.34. The maximum absolute atomic E-state index is 9.29. The minimum atomic E-state index is 0.292. The lowest BCUT2D eigenvalue weighted by molar-refractivity contribution is -0.595. The number of aromatic nitrogens is 1. The summed E-state index contributed by atoms with van der Waals surface area (Å²) < 4.78 is 2.07. The molecular weight excluding hydrogens is 234 g/mol. The van der Waals surface area contributed by atoms with Gasteiger partial charge in [-0.1, -0.05) is 18.2 Å². The van der Waals surface area contributed by atoms with E-state index in [4.69, 9.17) is 0 Å². The van der Waals surface area contributed by atoms with Crippen LogP contribution in [0.3, 0.4) is 0 Å². The van der Waals surface area contributed by atoms with Crippen LogP contribution in [0.25, 0.3) is 16.8 Å². The fraction of sp³-hybridized carbons (Fsp3) is 0. The highest BCUT2D eigenvalue weighted by molar-refractivity contribution is 5.64. The second-order valence-electron chi connectivity index (χ2n) is 4.38. The van der Waals surface area contributed by atoms with Crippen molar-refractivity contribution in [3.63, 3.8) is 0 Å². The molecule has 0 aliphatic carbocycles. The van der Waals surface area contributed by atoms with Crippen LogP contribution in [0.1, 0.15) is 0 Å². The van der Waals surface area contributed by atoms with Crippen LogP contribution in [0.4, 0.5) is 0 Å². The molecular formula is C17H14NO+. The molecule has 3 rings (SSSR count). The van der Waals surface area contributed by atoms with Crippen LogP contribution < -0.4 is 4.57 Å². The van der Waals surface area contributed by atoms with Crippen molar-refractivity contribution in [2.75, 3.05) is 0 Å². The Morgan fingerprint density at radius 1 is 0.632 bits per heavy atom. The molecule has 1 N–H and O–H groups in total. The average molecular weight is 248 g/mol. The van der Waals surface area contributed by atoms with Crippen molar-refractivity contribution in [3.05, 3.63) is 79.1 Å². The minimum Gasteiger partial charge on any atom is -0.508 e. The lowest BCUT2D eigenvalue weighted by atomic mass is 10.1. The molecule has 2 nitrogen and oxygen atoms in total. The van der Waals surface area contributed by atoms with Gasteiger partial charge >= 0.3 is 0 Å². The van der Waals surface area contributed by atoms with E-state index in [-0.39, 0.29) is 0 Å². The van der Waals surface area contributed by atoms with E-state index in [0.717, 1.165) is 16.8 Å². The zero-order valence-electron chi connectivity index (χ0n) is 10.4. The molecule has 0 unspecified atom stereocenters. The van der Waals surface area contributed by atoms with Crippen molar-refractivity contribution < 1.29 is 9.67 Å². The zero-order chi connectivity index (χ0) is 13.1. The molecule has 92 valence electrons. The summed E-state index contributed by atoms with van der Waals surface area (Å²) in [7, 11) is 0. The van der Waals surface area contributed by atoms with Gasteiger partial charge in [-0.25, -0.2) is 0 Å². The third-order valence-corrected chi connectivity index (χ3v) is 3.08. The fourth-order valence-electron chi connectivity index (χ4n) is 2.05. The Kier molecular flexibility index (Phi) is 2.99. The molecule has 0 saturated carbocycles. The molecule has 0 atom stereocenters. The number of phenolic OH excluding ortho intramolecular Hbond substituents is 1. The summed E-state index contributed by atoms with van der Waals surface area (Å²) in [5.74, 6) is 0.292. The van der Waals surface area contributed by atoms with Crippen LogP contribution in [-0.4, -0.2) is 5.11 Å². The van der Waals surface area contributed by atoms with Crippen LogP contribution in [0.2, 0.25) is 0 Å². The van der Waals surface area contributed by atoms with Crippen LogP contribution in [0.15, 0.2) is 79.1 Å². The standard InChI is InChI=1S/C17H13NO/c19-17-10-6-15(7-11-17)14-4-8-16(9-5-14)18-12-2-1-3-13-18/h1-13H/p+1. The van der Waals surface area contributed by atoms with E-state index >= 15 is 0 Å². The van der Waals surface area contributed by atoms with Crippen LogP contribution in [0.5, 0.6) is 5.75 Å². The maximum atomic E-state index is 9.29. The number of hydrogen-bond donors (Lipinski definition) is 1. The monoisotopic (exact) mass is 248 g/mol. The molecule has 2 heteroatoms. The van der Waals surface area contributed by atoms with Gasteiger partial charge in [0.2, 0.25) is 5.69 Å². The number of benzene rings is 2. The molecule has 19 heavy (non-hydrogen) atoms. The highest BCUT2D eigenvalue weighted by Crippen LogP contribution is 2.22. The molecule has 0 saturated heterocycles. The first-order chi connectivity index (χ1) is 9.33. The normalized spacial score (nSPS) is 10.3. The quantitative estimate of drug-likeness (QED) is 0.691. The van der Waals surface area contributed by atoms with E-state index in [9.17, 15) is 5.11 Å². The van der Waals surface area contributed by atoms with Gasteiger partial charge in [0.25, 0.3) is 0 Å². The summed E-state index contributed by atoms with van der Waals surface area (Å²) in [4.78, 5) is 0. The molecule has 0 radical (unpaired) electrons. The average Bonchev–Trinajstić information content (AvgIpc) is 2.49. The summed E-state index contributed by atoms with van der Waals surface area (Å²) >= 11 is 0. The molecule has 1 heterocycles.